The molecule has 1 fully saturated rings. The van der Waals surface area contributed by atoms with Crippen molar-refractivity contribution in [2.24, 2.45) is 5.73 Å². The van der Waals surface area contributed by atoms with E-state index in [2.05, 4.69) is 15.3 Å². The Morgan fingerprint density at radius 3 is 2.53 bits per heavy atom. The summed E-state index contributed by atoms with van der Waals surface area (Å²) in [7, 11) is 0. The number of fused-ring (bicyclic) bond motifs is 1. The number of carbonyl (C=O) groups is 2. The van der Waals surface area contributed by atoms with Crippen LogP contribution in [-0.2, 0) is 10.2 Å². The second-order valence-electron chi connectivity index (χ2n) is 9.81. The van der Waals surface area contributed by atoms with Gasteiger partial charge in [0.2, 0.25) is 5.91 Å². The van der Waals surface area contributed by atoms with Crippen molar-refractivity contribution in [2.75, 3.05) is 13.2 Å². The number of aromatic nitrogens is 2. The summed E-state index contributed by atoms with van der Waals surface area (Å²) in [6.45, 7) is 2.16. The molecular weight excluding hydrogens is 524 g/mol. The summed E-state index contributed by atoms with van der Waals surface area (Å²) in [5.41, 5.74) is 4.73. The number of aryl methyl sites for hydroxylation is 1. The molecule has 2 atom stereocenters. The lowest BCUT2D eigenvalue weighted by molar-refractivity contribution is -0.149. The average Bonchev–Trinajstić information content (AvgIpc) is 3.54. The molecule has 0 spiro atoms. The van der Waals surface area contributed by atoms with Crippen molar-refractivity contribution in [3.05, 3.63) is 63.0 Å². The fraction of sp³-hybridized carbons (Fsp3) is 0.385. The molecule has 1 saturated carbocycles. The summed E-state index contributed by atoms with van der Waals surface area (Å²) in [6, 6.07) is 6.17. The van der Waals surface area contributed by atoms with Crippen LogP contribution < -0.4 is 15.8 Å². The number of rotatable bonds is 7. The normalized spacial score (nSPS) is 19.5. The van der Waals surface area contributed by atoms with Gasteiger partial charge in [-0.15, -0.1) is 11.3 Å². The number of alkyl halides is 3. The molecule has 2 aliphatic rings. The topological polar surface area (TPSA) is 107 Å². The zero-order chi connectivity index (χ0) is 27.4. The lowest BCUT2D eigenvalue weighted by atomic mass is 9.82. The minimum Gasteiger partial charge on any atom is -0.489 e. The van der Waals surface area contributed by atoms with Gasteiger partial charge in [-0.25, -0.2) is 14.4 Å². The van der Waals surface area contributed by atoms with Gasteiger partial charge in [-0.2, -0.15) is 13.2 Å². The maximum atomic E-state index is 14.4. The lowest BCUT2D eigenvalue weighted by Gasteiger charge is -2.24. The molecule has 12 heteroatoms. The summed E-state index contributed by atoms with van der Waals surface area (Å²) < 4.78 is 62.4. The third-order valence-corrected chi connectivity index (χ3v) is 8.24. The van der Waals surface area contributed by atoms with E-state index in [0.29, 0.717) is 17.2 Å². The number of thiazole rings is 1. The minimum absolute atomic E-state index is 0.0235. The Balaban J connectivity index is 1.53. The number of nitrogens with zero attached hydrogens (tertiary/aromatic N) is 2. The van der Waals surface area contributed by atoms with E-state index < -0.39 is 47.4 Å². The molecule has 1 aliphatic heterocycles. The Bertz CT molecular complexity index is 1420. The van der Waals surface area contributed by atoms with Crippen LogP contribution in [0.15, 0.2) is 30.3 Å². The van der Waals surface area contributed by atoms with E-state index in [1.165, 1.54) is 30.4 Å². The Morgan fingerprint density at radius 2 is 1.92 bits per heavy atom. The minimum atomic E-state index is -4.79. The van der Waals surface area contributed by atoms with Crippen molar-refractivity contribution < 1.29 is 31.9 Å². The van der Waals surface area contributed by atoms with Crippen LogP contribution in [0.4, 0.5) is 17.6 Å². The number of nitrogens with two attached hydrogens (primary N) is 1. The van der Waals surface area contributed by atoms with Crippen LogP contribution in [0.25, 0.3) is 11.3 Å². The van der Waals surface area contributed by atoms with E-state index in [0.717, 1.165) is 36.0 Å². The lowest BCUT2D eigenvalue weighted by Crippen LogP contribution is -2.40. The fourth-order valence-electron chi connectivity index (χ4n) is 4.39. The molecule has 3 N–H and O–H groups in total. The first-order valence-electron chi connectivity index (χ1n) is 11.9. The predicted octanol–water partition coefficient (Wildman–Crippen LogP) is 4.74. The molecule has 2 aromatic heterocycles. The fourth-order valence-corrected chi connectivity index (χ4v) is 5.54. The molecule has 3 heterocycles. The Kier molecular flexibility index (Phi) is 6.41. The number of nitrogens with one attached hydrogen (secondary N) is 1. The van der Waals surface area contributed by atoms with Gasteiger partial charge >= 0.3 is 6.18 Å². The van der Waals surface area contributed by atoms with Crippen molar-refractivity contribution >= 4 is 23.2 Å². The van der Waals surface area contributed by atoms with Crippen LogP contribution in [0.3, 0.4) is 0 Å². The number of amides is 2. The van der Waals surface area contributed by atoms with Gasteiger partial charge in [0.15, 0.2) is 0 Å². The van der Waals surface area contributed by atoms with Crippen molar-refractivity contribution in [2.45, 2.75) is 50.1 Å². The van der Waals surface area contributed by atoms with Crippen LogP contribution in [-0.4, -0.2) is 41.1 Å². The van der Waals surface area contributed by atoms with Gasteiger partial charge < -0.3 is 15.8 Å². The predicted molar refractivity (Wildman–Crippen MR) is 132 cm³/mol. The molecule has 200 valence electrons. The highest BCUT2D eigenvalue weighted by Crippen LogP contribution is 2.47. The van der Waals surface area contributed by atoms with E-state index >= 15 is 0 Å². The van der Waals surface area contributed by atoms with E-state index in [-0.39, 0.29) is 28.5 Å². The van der Waals surface area contributed by atoms with Crippen LogP contribution in [0.2, 0.25) is 0 Å². The molecule has 38 heavy (non-hydrogen) atoms. The number of pyridine rings is 1. The number of halogens is 4. The molecule has 1 unspecified atom stereocenters. The maximum Gasteiger partial charge on any atom is 0.398 e. The van der Waals surface area contributed by atoms with Crippen LogP contribution in [0.1, 0.15) is 63.2 Å². The summed E-state index contributed by atoms with van der Waals surface area (Å²) in [6.07, 6.45) is -2.82. The van der Waals surface area contributed by atoms with Gasteiger partial charge in [-0.05, 0) is 57.0 Å². The Morgan fingerprint density at radius 1 is 1.24 bits per heavy atom. The second kappa shape index (κ2) is 9.33. The van der Waals surface area contributed by atoms with Crippen molar-refractivity contribution in [3.63, 3.8) is 0 Å². The number of primary amides is 1. The molecule has 0 saturated heterocycles. The monoisotopic (exact) mass is 548 g/mol. The first-order valence-corrected chi connectivity index (χ1v) is 12.8. The highest BCUT2D eigenvalue weighted by Gasteiger charge is 2.47. The van der Waals surface area contributed by atoms with Gasteiger partial charge in [-0.1, -0.05) is 0 Å². The van der Waals surface area contributed by atoms with Gasteiger partial charge in [0.1, 0.15) is 40.1 Å². The number of carbonyl (C=O) groups excluding carboxylic acids is 2. The highest BCUT2D eigenvalue weighted by atomic mass is 32.1. The Labute approximate surface area is 219 Å². The molecule has 0 bridgehead atoms. The molecule has 1 aromatic carbocycles. The van der Waals surface area contributed by atoms with Gasteiger partial charge in [0.05, 0.1) is 16.4 Å². The van der Waals surface area contributed by atoms with E-state index in [1.807, 2.05) is 0 Å². The number of ether oxygens (including phenoxy) is 1. The summed E-state index contributed by atoms with van der Waals surface area (Å²) in [5, 5.41) is 3.21. The standard InChI is InChI=1S/C26H24F4N4O3S/c1-12-21(38-23(33-12)14-3-4-14)22(35)32-10-17(26(28,29)30)18-9-16-20(37-11-25(16,2)24(31)36)19(34-18)13-5-7-15(27)8-6-13/h5-9,14,17H,3-4,10-11H2,1-2H3,(H2,31,36)(H,32,35)/t17?,25-/m0/s1. The van der Waals surface area contributed by atoms with Crippen molar-refractivity contribution in [1.82, 2.24) is 15.3 Å². The summed E-state index contributed by atoms with van der Waals surface area (Å²) >= 11 is 1.19. The largest absolute Gasteiger partial charge is 0.489 e. The Hall–Kier alpha value is -3.54. The second-order valence-corrected chi connectivity index (χ2v) is 10.8. The van der Waals surface area contributed by atoms with Crippen molar-refractivity contribution in [1.29, 1.82) is 0 Å². The first kappa shape index (κ1) is 26.1. The zero-order valence-corrected chi connectivity index (χ0v) is 21.3. The first-order chi connectivity index (χ1) is 17.9. The zero-order valence-electron chi connectivity index (χ0n) is 20.5. The van der Waals surface area contributed by atoms with E-state index in [9.17, 15) is 27.2 Å². The molecule has 2 amide bonds. The molecule has 3 aromatic rings. The molecular formula is C26H24F4N4O3S. The quantitative estimate of drug-likeness (QED) is 0.415. The highest BCUT2D eigenvalue weighted by molar-refractivity contribution is 7.14. The smallest absolute Gasteiger partial charge is 0.398 e. The molecule has 7 nitrogen and oxygen atoms in total. The third kappa shape index (κ3) is 4.72. The molecule has 1 aliphatic carbocycles. The van der Waals surface area contributed by atoms with Gasteiger partial charge in [-0.3, -0.25) is 9.59 Å². The number of hydrogen-bond acceptors (Lipinski definition) is 6. The number of benzene rings is 1. The van der Waals surface area contributed by atoms with Crippen LogP contribution in [0.5, 0.6) is 5.75 Å². The van der Waals surface area contributed by atoms with E-state index in [1.54, 1.807) is 6.92 Å². The van der Waals surface area contributed by atoms with Gasteiger partial charge in [0, 0.05) is 23.6 Å². The summed E-state index contributed by atoms with van der Waals surface area (Å²) in [4.78, 5) is 34.1. The van der Waals surface area contributed by atoms with Crippen LogP contribution in [0, 0.1) is 12.7 Å². The molecule has 5 rings (SSSR count). The SMILES string of the molecule is Cc1nc(C2CC2)sc1C(=O)NCC(c1cc2c(c(-c3ccc(F)cc3)n1)OC[C@]2(C)C(N)=O)C(F)(F)F. The third-order valence-electron chi connectivity index (χ3n) is 6.92. The summed E-state index contributed by atoms with van der Waals surface area (Å²) in [5.74, 6) is -3.74. The molecule has 0 radical (unpaired) electrons. The number of hydrogen-bond donors (Lipinski definition) is 2. The van der Waals surface area contributed by atoms with E-state index in [4.69, 9.17) is 10.5 Å². The van der Waals surface area contributed by atoms with Crippen molar-refractivity contribution in [3.8, 4) is 17.0 Å². The average molecular weight is 549 g/mol. The van der Waals surface area contributed by atoms with Gasteiger partial charge in [0.25, 0.3) is 5.91 Å². The van der Waals surface area contributed by atoms with Crippen LogP contribution >= 0.6 is 11.3 Å². The maximum absolute atomic E-state index is 14.4.